The molecule has 3 aromatic rings. The zero-order valence-electron chi connectivity index (χ0n) is 19.9. The summed E-state index contributed by atoms with van der Waals surface area (Å²) in [5.41, 5.74) is 3.39. The Hall–Kier alpha value is -3.06. The maximum Gasteiger partial charge on any atom is 0.253 e. The van der Waals surface area contributed by atoms with Gasteiger partial charge in [0.1, 0.15) is 0 Å². The van der Waals surface area contributed by atoms with Crippen LogP contribution in [0.15, 0.2) is 72.8 Å². The fourth-order valence-electron chi connectivity index (χ4n) is 4.67. The second-order valence-corrected chi connectivity index (χ2v) is 10.1. The number of rotatable bonds is 6. The molecule has 0 atom stereocenters. The summed E-state index contributed by atoms with van der Waals surface area (Å²) in [7, 11) is 0. The van der Waals surface area contributed by atoms with E-state index < -0.39 is 0 Å². The lowest BCUT2D eigenvalue weighted by Gasteiger charge is -2.48. The third kappa shape index (κ3) is 5.51. The van der Waals surface area contributed by atoms with Crippen molar-refractivity contribution in [3.8, 4) is 0 Å². The first-order valence-electron chi connectivity index (χ1n) is 12.1. The summed E-state index contributed by atoms with van der Waals surface area (Å²) in [6, 6.07) is 22.9. The molecule has 1 N–H and O–H groups in total. The lowest BCUT2D eigenvalue weighted by molar-refractivity contribution is 0.00854. The average Bonchev–Trinajstić information content (AvgIpc) is 2.89. The normalized spacial score (nSPS) is 16.5. The second kappa shape index (κ2) is 10.9. The molecular formula is C28H28Cl2N4O2. The fraction of sp³-hybridized carbons (Fsp3) is 0.286. The predicted molar refractivity (Wildman–Crippen MR) is 144 cm³/mol. The molecule has 5 rings (SSSR count). The average molecular weight is 523 g/mol. The second-order valence-electron chi connectivity index (χ2n) is 9.24. The molecule has 2 aliphatic heterocycles. The van der Waals surface area contributed by atoms with Crippen LogP contribution in [0.5, 0.6) is 0 Å². The summed E-state index contributed by atoms with van der Waals surface area (Å²) in [5, 5.41) is 4.42. The summed E-state index contributed by atoms with van der Waals surface area (Å²) in [6.07, 6.45) is 0. The number of benzene rings is 3. The van der Waals surface area contributed by atoms with Crippen LogP contribution in [0.2, 0.25) is 10.0 Å². The van der Waals surface area contributed by atoms with E-state index in [0.717, 1.165) is 56.1 Å². The Morgan fingerprint density at radius 1 is 0.750 bits per heavy atom. The molecule has 2 heterocycles. The number of amides is 2. The van der Waals surface area contributed by atoms with Crippen LogP contribution in [0, 0.1) is 0 Å². The monoisotopic (exact) mass is 522 g/mol. The van der Waals surface area contributed by atoms with E-state index in [0.29, 0.717) is 28.2 Å². The van der Waals surface area contributed by atoms with E-state index in [2.05, 4.69) is 10.2 Å². The number of hydrogen-bond donors (Lipinski definition) is 1. The van der Waals surface area contributed by atoms with E-state index in [4.69, 9.17) is 23.2 Å². The van der Waals surface area contributed by atoms with Crippen molar-refractivity contribution in [3.63, 3.8) is 0 Å². The fourth-order valence-corrected chi connectivity index (χ4v) is 4.99. The molecule has 186 valence electrons. The van der Waals surface area contributed by atoms with Crippen molar-refractivity contribution < 1.29 is 9.59 Å². The molecule has 2 fully saturated rings. The summed E-state index contributed by atoms with van der Waals surface area (Å²) >= 11 is 12.1. The first kappa shape index (κ1) is 24.6. The minimum Gasteiger partial charge on any atom is -0.381 e. The lowest BCUT2D eigenvalue weighted by Crippen LogP contribution is -2.64. The molecule has 36 heavy (non-hydrogen) atoms. The first-order valence-corrected chi connectivity index (χ1v) is 12.9. The summed E-state index contributed by atoms with van der Waals surface area (Å²) in [4.78, 5) is 31.8. The standard InChI is InChI=1S/C28H28Cl2N4O2/c29-25-11-6-20(16-26(25)30)17-31-23-9-7-22(8-10-23)28(36)34-18-24(19-34)32-12-14-33(15-13-32)27(35)21-4-2-1-3-5-21/h1-11,16,24,31H,12-15,17-19H2. The van der Waals surface area contributed by atoms with Gasteiger partial charge in [-0.3, -0.25) is 14.5 Å². The SMILES string of the molecule is O=C(c1ccccc1)N1CCN(C2CN(C(=O)c3ccc(NCc4ccc(Cl)c(Cl)c4)cc3)C2)CC1. The maximum atomic E-state index is 12.9. The smallest absolute Gasteiger partial charge is 0.253 e. The quantitative estimate of drug-likeness (QED) is 0.500. The molecule has 0 aliphatic carbocycles. The Kier molecular flexibility index (Phi) is 7.46. The first-order chi connectivity index (χ1) is 17.5. The van der Waals surface area contributed by atoms with Crippen LogP contribution in [-0.2, 0) is 6.54 Å². The molecule has 6 nitrogen and oxygen atoms in total. The molecule has 0 radical (unpaired) electrons. The van der Waals surface area contributed by atoms with Gasteiger partial charge in [0.2, 0.25) is 0 Å². The molecule has 0 bridgehead atoms. The largest absolute Gasteiger partial charge is 0.381 e. The Bertz CT molecular complexity index is 1220. The van der Waals surface area contributed by atoms with Crippen molar-refractivity contribution in [2.75, 3.05) is 44.6 Å². The Labute approximate surface area is 221 Å². The Morgan fingerprint density at radius 2 is 1.39 bits per heavy atom. The number of piperazine rings is 1. The van der Waals surface area contributed by atoms with E-state index in [9.17, 15) is 9.59 Å². The number of halogens is 2. The van der Waals surface area contributed by atoms with Gasteiger partial charge in [0.05, 0.1) is 10.0 Å². The van der Waals surface area contributed by atoms with Gasteiger partial charge in [-0.1, -0.05) is 47.5 Å². The summed E-state index contributed by atoms with van der Waals surface area (Å²) in [5.74, 6) is 0.149. The van der Waals surface area contributed by atoms with E-state index in [1.807, 2.05) is 76.5 Å². The van der Waals surface area contributed by atoms with Crippen LogP contribution in [0.1, 0.15) is 26.3 Å². The minimum atomic E-state index is 0.0557. The van der Waals surface area contributed by atoms with Crippen molar-refractivity contribution in [3.05, 3.63) is 99.5 Å². The lowest BCUT2D eigenvalue weighted by atomic mass is 10.0. The van der Waals surface area contributed by atoms with Gasteiger partial charge >= 0.3 is 0 Å². The van der Waals surface area contributed by atoms with Gasteiger partial charge < -0.3 is 15.1 Å². The number of carbonyl (C=O) groups is 2. The third-order valence-corrected chi connectivity index (χ3v) is 7.64. The molecule has 0 unspecified atom stereocenters. The van der Waals surface area contributed by atoms with Crippen molar-refractivity contribution in [2.45, 2.75) is 12.6 Å². The molecule has 0 spiro atoms. The van der Waals surface area contributed by atoms with Crippen LogP contribution in [0.4, 0.5) is 5.69 Å². The Morgan fingerprint density at radius 3 is 2.06 bits per heavy atom. The maximum absolute atomic E-state index is 12.9. The minimum absolute atomic E-state index is 0.0557. The number of nitrogens with one attached hydrogen (secondary N) is 1. The zero-order valence-corrected chi connectivity index (χ0v) is 21.4. The van der Waals surface area contributed by atoms with Crippen molar-refractivity contribution >= 4 is 40.7 Å². The van der Waals surface area contributed by atoms with Gasteiger partial charge in [0.15, 0.2) is 0 Å². The highest BCUT2D eigenvalue weighted by atomic mass is 35.5. The van der Waals surface area contributed by atoms with Gasteiger partial charge in [-0.25, -0.2) is 0 Å². The molecule has 2 amide bonds. The molecule has 2 aliphatic rings. The molecule has 0 saturated carbocycles. The van der Waals surface area contributed by atoms with E-state index in [-0.39, 0.29) is 11.8 Å². The van der Waals surface area contributed by atoms with Gasteiger partial charge in [0.25, 0.3) is 11.8 Å². The van der Waals surface area contributed by atoms with Gasteiger partial charge in [-0.2, -0.15) is 0 Å². The van der Waals surface area contributed by atoms with Gasteiger partial charge in [0, 0.05) is 68.7 Å². The number of nitrogens with zero attached hydrogens (tertiary/aromatic N) is 3. The van der Waals surface area contributed by atoms with Gasteiger partial charge in [-0.15, -0.1) is 0 Å². The summed E-state index contributed by atoms with van der Waals surface area (Å²) in [6.45, 7) is 5.17. The van der Waals surface area contributed by atoms with Crippen LogP contribution in [-0.4, -0.2) is 71.8 Å². The molecular weight excluding hydrogens is 495 g/mol. The van der Waals surface area contributed by atoms with Gasteiger partial charge in [-0.05, 0) is 54.1 Å². The molecule has 8 heteroatoms. The highest BCUT2D eigenvalue weighted by molar-refractivity contribution is 6.42. The van der Waals surface area contributed by atoms with Crippen molar-refractivity contribution in [1.29, 1.82) is 0 Å². The van der Waals surface area contributed by atoms with Crippen LogP contribution >= 0.6 is 23.2 Å². The number of hydrogen-bond acceptors (Lipinski definition) is 4. The van der Waals surface area contributed by atoms with E-state index >= 15 is 0 Å². The summed E-state index contributed by atoms with van der Waals surface area (Å²) < 4.78 is 0. The van der Waals surface area contributed by atoms with E-state index in [1.165, 1.54) is 0 Å². The topological polar surface area (TPSA) is 55.9 Å². The Balaban J connectivity index is 1.07. The highest BCUT2D eigenvalue weighted by Crippen LogP contribution is 2.24. The molecule has 2 saturated heterocycles. The van der Waals surface area contributed by atoms with Crippen molar-refractivity contribution in [2.24, 2.45) is 0 Å². The number of likely N-dealkylation sites (tertiary alicyclic amines) is 1. The number of carbonyl (C=O) groups excluding carboxylic acids is 2. The molecule has 0 aromatic heterocycles. The molecule has 3 aromatic carbocycles. The van der Waals surface area contributed by atoms with Crippen molar-refractivity contribution in [1.82, 2.24) is 14.7 Å². The predicted octanol–water partition coefficient (Wildman–Crippen LogP) is 4.89. The van der Waals surface area contributed by atoms with Crippen LogP contribution in [0.3, 0.4) is 0 Å². The van der Waals surface area contributed by atoms with E-state index in [1.54, 1.807) is 6.07 Å². The highest BCUT2D eigenvalue weighted by Gasteiger charge is 2.37. The number of anilines is 1. The van der Waals surface area contributed by atoms with Crippen LogP contribution in [0.25, 0.3) is 0 Å². The third-order valence-electron chi connectivity index (χ3n) is 6.90. The van der Waals surface area contributed by atoms with Crippen LogP contribution < -0.4 is 5.32 Å². The zero-order chi connectivity index (χ0) is 25.1.